The molecule has 1 aromatic heterocycles. The van der Waals surface area contributed by atoms with Crippen LogP contribution in [-0.2, 0) is 12.8 Å². The normalized spacial score (nSPS) is 12.8. The van der Waals surface area contributed by atoms with Crippen molar-refractivity contribution in [3.63, 3.8) is 0 Å². The lowest BCUT2D eigenvalue weighted by molar-refractivity contribution is 0.252. The molecule has 0 fully saturated rings. The molecule has 1 heterocycles. The lowest BCUT2D eigenvalue weighted by Crippen LogP contribution is -2.24. The molecule has 150 valence electrons. The molecule has 1 aliphatic rings. The minimum atomic E-state index is -0.467. The Labute approximate surface area is 178 Å². The first-order valence-corrected chi connectivity index (χ1v) is 10.5. The maximum atomic E-state index is 12.2. The van der Waals surface area contributed by atoms with Gasteiger partial charge in [0.2, 0.25) is 0 Å². The Morgan fingerprint density at radius 1 is 1.07 bits per heavy atom. The molecular formula is C23H20N4O2S. The van der Waals surface area contributed by atoms with Crippen LogP contribution in [0.5, 0.6) is 11.5 Å². The Balaban J connectivity index is 1.33. The largest absolute Gasteiger partial charge is 0.457 e. The van der Waals surface area contributed by atoms with E-state index in [1.54, 1.807) is 6.21 Å². The van der Waals surface area contributed by atoms with Gasteiger partial charge in [-0.05, 0) is 73.2 Å². The Hall–Kier alpha value is -3.63. The Morgan fingerprint density at radius 2 is 1.80 bits per heavy atom. The number of ether oxygens (including phenoxy) is 1. The van der Waals surface area contributed by atoms with Crippen molar-refractivity contribution in [3.8, 4) is 17.6 Å². The number of hydrogen-bond donors (Lipinski definition) is 2. The van der Waals surface area contributed by atoms with Gasteiger partial charge in [-0.1, -0.05) is 18.2 Å². The molecule has 4 rings (SSSR count). The predicted molar refractivity (Wildman–Crippen MR) is 118 cm³/mol. The highest BCUT2D eigenvalue weighted by molar-refractivity contribution is 7.16. The number of rotatable bonds is 5. The van der Waals surface area contributed by atoms with Crippen LogP contribution in [0.3, 0.4) is 0 Å². The van der Waals surface area contributed by atoms with Crippen LogP contribution in [0.2, 0.25) is 0 Å². The van der Waals surface area contributed by atoms with Gasteiger partial charge in [0.1, 0.15) is 22.6 Å². The summed E-state index contributed by atoms with van der Waals surface area (Å²) in [4.78, 5) is 13.4. The van der Waals surface area contributed by atoms with Crippen molar-refractivity contribution in [2.24, 2.45) is 5.10 Å². The number of amides is 2. The number of nitrogens with one attached hydrogen (secondary N) is 2. The fourth-order valence-electron chi connectivity index (χ4n) is 3.32. The van der Waals surface area contributed by atoms with Crippen LogP contribution in [0.4, 0.5) is 9.80 Å². The number of hydrogen-bond acceptors (Lipinski definition) is 5. The summed E-state index contributed by atoms with van der Waals surface area (Å²) < 4.78 is 5.75. The first-order valence-electron chi connectivity index (χ1n) is 9.70. The van der Waals surface area contributed by atoms with Gasteiger partial charge < -0.3 is 4.74 Å². The second-order valence-electron chi connectivity index (χ2n) is 6.84. The number of aryl methyl sites for hydroxylation is 1. The zero-order chi connectivity index (χ0) is 20.8. The quantitative estimate of drug-likeness (QED) is 0.428. The fourth-order valence-corrected chi connectivity index (χ4v) is 4.55. The molecule has 2 aromatic carbocycles. The van der Waals surface area contributed by atoms with Crippen LogP contribution in [0.1, 0.15) is 34.4 Å². The van der Waals surface area contributed by atoms with Gasteiger partial charge in [-0.25, -0.2) is 10.2 Å². The smallest absolute Gasteiger partial charge is 0.340 e. The molecule has 1 aliphatic carbocycles. The molecule has 0 radical (unpaired) electrons. The third kappa shape index (κ3) is 4.67. The highest BCUT2D eigenvalue weighted by atomic mass is 32.1. The summed E-state index contributed by atoms with van der Waals surface area (Å²) in [5.74, 6) is 1.49. The van der Waals surface area contributed by atoms with Gasteiger partial charge in [-0.3, -0.25) is 5.32 Å². The van der Waals surface area contributed by atoms with E-state index in [1.807, 2.05) is 54.6 Å². The highest BCUT2D eigenvalue weighted by Crippen LogP contribution is 2.37. The number of nitrogens with zero attached hydrogens (tertiary/aromatic N) is 2. The van der Waals surface area contributed by atoms with Gasteiger partial charge in [0.05, 0.1) is 11.8 Å². The van der Waals surface area contributed by atoms with E-state index < -0.39 is 6.03 Å². The summed E-state index contributed by atoms with van der Waals surface area (Å²) in [5.41, 5.74) is 4.94. The van der Waals surface area contributed by atoms with Gasteiger partial charge in [-0.15, -0.1) is 11.3 Å². The summed E-state index contributed by atoms with van der Waals surface area (Å²) in [6, 6.07) is 18.7. The van der Waals surface area contributed by atoms with Crippen LogP contribution in [0, 0.1) is 11.3 Å². The van der Waals surface area contributed by atoms with Crippen LogP contribution in [0.25, 0.3) is 0 Å². The van der Waals surface area contributed by atoms with Crippen LogP contribution in [-0.4, -0.2) is 12.2 Å². The Morgan fingerprint density at radius 3 is 2.57 bits per heavy atom. The molecule has 0 saturated carbocycles. The number of carbonyl (C=O) groups is 1. The molecule has 0 atom stereocenters. The molecule has 0 spiro atoms. The van der Waals surface area contributed by atoms with E-state index in [0.717, 1.165) is 48.3 Å². The first-order chi connectivity index (χ1) is 14.7. The molecule has 2 amide bonds. The van der Waals surface area contributed by atoms with Crippen LogP contribution in [0.15, 0.2) is 59.7 Å². The van der Waals surface area contributed by atoms with Crippen molar-refractivity contribution in [2.75, 3.05) is 5.32 Å². The highest BCUT2D eigenvalue weighted by Gasteiger charge is 2.21. The number of benzene rings is 2. The minimum absolute atomic E-state index is 0.467. The van der Waals surface area contributed by atoms with Crippen LogP contribution < -0.4 is 15.5 Å². The SMILES string of the molecule is N#Cc1c(NC(=O)N/N=C/c2ccc(Oc3ccccc3)cc2)sc2c1CCCC2. The molecule has 3 aromatic rings. The van der Waals surface area contributed by atoms with E-state index in [4.69, 9.17) is 4.74 Å². The first kappa shape index (κ1) is 19.7. The number of hydrazone groups is 1. The van der Waals surface area contributed by atoms with Crippen molar-refractivity contribution >= 4 is 28.6 Å². The van der Waals surface area contributed by atoms with Crippen molar-refractivity contribution in [3.05, 3.63) is 76.2 Å². The third-order valence-electron chi connectivity index (χ3n) is 4.75. The van der Waals surface area contributed by atoms with E-state index in [1.165, 1.54) is 16.2 Å². The molecule has 0 aliphatic heterocycles. The number of fused-ring (bicyclic) bond motifs is 1. The average molecular weight is 417 g/mol. The van der Waals surface area contributed by atoms with E-state index in [0.29, 0.717) is 10.6 Å². The molecular weight excluding hydrogens is 396 g/mol. The molecule has 0 bridgehead atoms. The molecule has 2 N–H and O–H groups in total. The summed E-state index contributed by atoms with van der Waals surface area (Å²) in [7, 11) is 0. The number of para-hydroxylation sites is 1. The molecule has 7 heteroatoms. The Bertz CT molecular complexity index is 1100. The van der Waals surface area contributed by atoms with Crippen molar-refractivity contribution in [1.29, 1.82) is 5.26 Å². The van der Waals surface area contributed by atoms with Gasteiger partial charge in [-0.2, -0.15) is 10.4 Å². The summed E-state index contributed by atoms with van der Waals surface area (Å²) in [6.45, 7) is 0. The van der Waals surface area contributed by atoms with Gasteiger partial charge in [0, 0.05) is 4.88 Å². The van der Waals surface area contributed by atoms with Crippen molar-refractivity contribution in [1.82, 2.24) is 5.43 Å². The number of anilines is 1. The van der Waals surface area contributed by atoms with E-state index in [-0.39, 0.29) is 0 Å². The zero-order valence-corrected chi connectivity index (χ0v) is 17.0. The maximum Gasteiger partial charge on any atom is 0.340 e. The second kappa shape index (κ2) is 9.25. The summed E-state index contributed by atoms with van der Waals surface area (Å²) in [6.07, 6.45) is 5.64. The monoisotopic (exact) mass is 416 g/mol. The van der Waals surface area contributed by atoms with E-state index in [2.05, 4.69) is 21.9 Å². The standard InChI is InChI=1S/C23H20N4O2S/c24-14-20-19-8-4-5-9-21(19)30-22(20)26-23(28)27-25-15-16-10-12-18(13-11-16)29-17-6-2-1-3-7-17/h1-3,6-7,10-13,15H,4-5,8-9H2,(H2,26,27,28)/b25-15+. The van der Waals surface area contributed by atoms with E-state index in [9.17, 15) is 10.1 Å². The number of carbonyl (C=O) groups excluding carboxylic acids is 1. The number of nitriles is 1. The van der Waals surface area contributed by atoms with Crippen molar-refractivity contribution in [2.45, 2.75) is 25.7 Å². The number of thiophene rings is 1. The average Bonchev–Trinajstić information content (AvgIpc) is 3.12. The molecule has 0 saturated heterocycles. The summed E-state index contributed by atoms with van der Waals surface area (Å²) >= 11 is 1.49. The Kier molecular flexibility index (Phi) is 6.06. The molecule has 0 unspecified atom stereocenters. The van der Waals surface area contributed by atoms with E-state index >= 15 is 0 Å². The number of urea groups is 1. The third-order valence-corrected chi connectivity index (χ3v) is 5.96. The minimum Gasteiger partial charge on any atom is -0.457 e. The van der Waals surface area contributed by atoms with Gasteiger partial charge in [0.25, 0.3) is 0 Å². The fraction of sp³-hybridized carbons (Fsp3) is 0.174. The predicted octanol–water partition coefficient (Wildman–Crippen LogP) is 5.45. The molecule has 6 nitrogen and oxygen atoms in total. The maximum absolute atomic E-state index is 12.2. The van der Waals surface area contributed by atoms with Crippen molar-refractivity contribution < 1.29 is 9.53 Å². The summed E-state index contributed by atoms with van der Waals surface area (Å²) in [5, 5.41) is 16.8. The lowest BCUT2D eigenvalue weighted by atomic mass is 9.96. The second-order valence-corrected chi connectivity index (χ2v) is 7.94. The lowest BCUT2D eigenvalue weighted by Gasteiger charge is -2.09. The topological polar surface area (TPSA) is 86.5 Å². The molecule has 30 heavy (non-hydrogen) atoms. The van der Waals surface area contributed by atoms with Crippen LogP contribution >= 0.6 is 11.3 Å². The zero-order valence-electron chi connectivity index (χ0n) is 16.2. The van der Waals surface area contributed by atoms with Gasteiger partial charge >= 0.3 is 6.03 Å². The van der Waals surface area contributed by atoms with Gasteiger partial charge in [0.15, 0.2) is 0 Å².